The van der Waals surface area contributed by atoms with E-state index in [1.807, 2.05) is 24.3 Å². The highest BCUT2D eigenvalue weighted by Gasteiger charge is 2.13. The quantitative estimate of drug-likeness (QED) is 0.444. The molecule has 0 unspecified atom stereocenters. The number of carbonyl (C=O) groups excluding carboxylic acids is 1. The minimum Gasteiger partial charge on any atom is -0.496 e. The second-order valence-electron chi connectivity index (χ2n) is 7.05. The van der Waals surface area contributed by atoms with E-state index in [0.717, 1.165) is 16.7 Å². The molecule has 2 N–H and O–H groups in total. The largest absolute Gasteiger partial charge is 0.496 e. The lowest BCUT2D eigenvalue weighted by atomic mass is 9.99. The Morgan fingerprint density at radius 1 is 1.03 bits per heavy atom. The van der Waals surface area contributed by atoms with Crippen LogP contribution < -0.4 is 10.1 Å². The average molecular weight is 453 g/mol. The number of benzene rings is 3. The van der Waals surface area contributed by atoms with Gasteiger partial charge in [-0.2, -0.15) is 0 Å². The second-order valence-corrected chi connectivity index (χ2v) is 7.49. The topological polar surface area (TPSA) is 105 Å². The van der Waals surface area contributed by atoms with Gasteiger partial charge in [-0.15, -0.1) is 4.91 Å². The standard InChI is InChI=1S/C24H21ClN2O5/c1-32-22-9-8-19(25)14-20(22)24(30)26-11-10-15-2-4-16(5-3-15)17-6-7-18(13-23(28)29)21(12-17)27-31/h2-9,12,14H,10-11,13H2,1H3,(H,26,30)(H,28,29). The molecule has 0 radical (unpaired) electrons. The summed E-state index contributed by atoms with van der Waals surface area (Å²) in [4.78, 5) is 34.4. The van der Waals surface area contributed by atoms with Crippen molar-refractivity contribution in [2.45, 2.75) is 12.8 Å². The van der Waals surface area contributed by atoms with Gasteiger partial charge in [0.15, 0.2) is 0 Å². The summed E-state index contributed by atoms with van der Waals surface area (Å²) in [5, 5.41) is 15.2. The number of hydrogen-bond acceptors (Lipinski definition) is 5. The van der Waals surface area contributed by atoms with Crippen LogP contribution in [0.2, 0.25) is 5.02 Å². The van der Waals surface area contributed by atoms with E-state index in [-0.39, 0.29) is 18.0 Å². The first-order valence-electron chi connectivity index (χ1n) is 9.80. The average Bonchev–Trinajstić information content (AvgIpc) is 2.79. The number of ether oxygens (including phenoxy) is 1. The fourth-order valence-electron chi connectivity index (χ4n) is 3.28. The van der Waals surface area contributed by atoms with Gasteiger partial charge in [0.1, 0.15) is 11.4 Å². The van der Waals surface area contributed by atoms with Crippen LogP contribution in [0.3, 0.4) is 0 Å². The van der Waals surface area contributed by atoms with Crippen molar-refractivity contribution < 1.29 is 19.4 Å². The number of hydrogen-bond donors (Lipinski definition) is 2. The second kappa shape index (κ2) is 10.5. The molecule has 0 aliphatic heterocycles. The van der Waals surface area contributed by atoms with Gasteiger partial charge in [0.25, 0.3) is 5.91 Å². The molecular weight excluding hydrogens is 432 g/mol. The first-order chi connectivity index (χ1) is 15.4. The van der Waals surface area contributed by atoms with Crippen molar-refractivity contribution in [1.82, 2.24) is 5.32 Å². The first-order valence-corrected chi connectivity index (χ1v) is 10.2. The van der Waals surface area contributed by atoms with Crippen LogP contribution >= 0.6 is 11.6 Å². The third-order valence-corrected chi connectivity index (χ3v) is 5.15. The van der Waals surface area contributed by atoms with Gasteiger partial charge < -0.3 is 15.2 Å². The Labute approximate surface area is 190 Å². The molecule has 3 rings (SSSR count). The maximum Gasteiger partial charge on any atom is 0.307 e. The van der Waals surface area contributed by atoms with E-state index >= 15 is 0 Å². The molecule has 7 nitrogen and oxygen atoms in total. The molecule has 0 aliphatic rings. The fraction of sp³-hybridized carbons (Fsp3) is 0.167. The number of nitrogens with one attached hydrogen (secondary N) is 1. The lowest BCUT2D eigenvalue weighted by Crippen LogP contribution is -2.26. The monoisotopic (exact) mass is 452 g/mol. The van der Waals surface area contributed by atoms with Gasteiger partial charge in [0.2, 0.25) is 0 Å². The molecule has 0 spiro atoms. The number of nitroso groups, excluding NO2 is 1. The molecule has 0 bridgehead atoms. The van der Waals surface area contributed by atoms with Crippen molar-refractivity contribution in [3.63, 3.8) is 0 Å². The molecule has 1 amide bonds. The minimum absolute atomic E-state index is 0.119. The van der Waals surface area contributed by atoms with Crippen molar-refractivity contribution in [3.8, 4) is 16.9 Å². The minimum atomic E-state index is -1.02. The van der Waals surface area contributed by atoms with Gasteiger partial charge in [0.05, 0.1) is 19.1 Å². The van der Waals surface area contributed by atoms with E-state index in [2.05, 4.69) is 10.5 Å². The molecule has 3 aromatic rings. The molecule has 164 valence electrons. The number of methoxy groups -OCH3 is 1. The van der Waals surface area contributed by atoms with E-state index in [0.29, 0.717) is 34.9 Å². The van der Waals surface area contributed by atoms with Crippen LogP contribution in [0.1, 0.15) is 21.5 Å². The van der Waals surface area contributed by atoms with E-state index in [1.165, 1.54) is 7.11 Å². The van der Waals surface area contributed by atoms with Crippen LogP contribution in [0.4, 0.5) is 5.69 Å². The van der Waals surface area contributed by atoms with Crippen LogP contribution in [0.15, 0.2) is 65.8 Å². The number of nitrogens with zero attached hydrogens (tertiary/aromatic N) is 1. The molecule has 0 aromatic heterocycles. The summed E-state index contributed by atoms with van der Waals surface area (Å²) in [5.74, 6) is -0.834. The summed E-state index contributed by atoms with van der Waals surface area (Å²) in [6, 6.07) is 17.5. The highest BCUT2D eigenvalue weighted by molar-refractivity contribution is 6.31. The Morgan fingerprint density at radius 2 is 1.75 bits per heavy atom. The molecule has 3 aromatic carbocycles. The fourth-order valence-corrected chi connectivity index (χ4v) is 3.45. The number of rotatable bonds is 9. The van der Waals surface area contributed by atoms with Crippen LogP contribution in [0, 0.1) is 4.91 Å². The Morgan fingerprint density at radius 3 is 2.41 bits per heavy atom. The van der Waals surface area contributed by atoms with Crippen LogP contribution in [-0.2, 0) is 17.6 Å². The molecule has 0 saturated carbocycles. The van der Waals surface area contributed by atoms with E-state index < -0.39 is 5.97 Å². The number of carboxylic acids is 1. The Balaban J connectivity index is 1.63. The third-order valence-electron chi connectivity index (χ3n) is 4.92. The molecule has 0 fully saturated rings. The van der Waals surface area contributed by atoms with E-state index in [1.54, 1.807) is 36.4 Å². The van der Waals surface area contributed by atoms with Gasteiger partial charge >= 0.3 is 5.97 Å². The van der Waals surface area contributed by atoms with Crippen molar-refractivity contribution in [2.24, 2.45) is 5.18 Å². The zero-order chi connectivity index (χ0) is 23.1. The summed E-state index contributed by atoms with van der Waals surface area (Å²) in [7, 11) is 1.50. The van der Waals surface area contributed by atoms with Crippen molar-refractivity contribution in [1.29, 1.82) is 0 Å². The smallest absolute Gasteiger partial charge is 0.307 e. The highest BCUT2D eigenvalue weighted by atomic mass is 35.5. The van der Waals surface area contributed by atoms with Crippen molar-refractivity contribution in [3.05, 3.63) is 87.3 Å². The molecule has 0 saturated heterocycles. The first kappa shape index (κ1) is 23.0. The van der Waals surface area contributed by atoms with Gasteiger partial charge in [-0.05, 0) is 58.1 Å². The SMILES string of the molecule is COc1ccc(Cl)cc1C(=O)NCCc1ccc(-c2ccc(CC(=O)O)c(N=O)c2)cc1. The normalized spacial score (nSPS) is 10.4. The van der Waals surface area contributed by atoms with E-state index in [4.69, 9.17) is 21.4 Å². The van der Waals surface area contributed by atoms with Crippen LogP contribution in [0.25, 0.3) is 11.1 Å². The highest BCUT2D eigenvalue weighted by Crippen LogP contribution is 2.28. The number of amides is 1. The summed E-state index contributed by atoms with van der Waals surface area (Å²) in [5.41, 5.74) is 3.52. The maximum atomic E-state index is 12.4. The van der Waals surface area contributed by atoms with Crippen LogP contribution in [-0.4, -0.2) is 30.6 Å². The molecule has 8 heteroatoms. The number of carbonyl (C=O) groups is 2. The Bertz CT molecular complexity index is 1150. The molecule has 0 aliphatic carbocycles. The molecule has 32 heavy (non-hydrogen) atoms. The zero-order valence-electron chi connectivity index (χ0n) is 17.3. The molecule has 0 heterocycles. The lowest BCUT2D eigenvalue weighted by molar-refractivity contribution is -0.136. The zero-order valence-corrected chi connectivity index (χ0v) is 18.1. The number of halogens is 1. The van der Waals surface area contributed by atoms with Gasteiger partial charge in [-0.25, -0.2) is 0 Å². The summed E-state index contributed by atoms with van der Waals surface area (Å²) < 4.78 is 5.21. The van der Waals surface area contributed by atoms with Gasteiger partial charge in [-0.1, -0.05) is 48.0 Å². The molecule has 0 atom stereocenters. The maximum absolute atomic E-state index is 12.4. The lowest BCUT2D eigenvalue weighted by Gasteiger charge is -2.10. The van der Waals surface area contributed by atoms with E-state index in [9.17, 15) is 14.5 Å². The van der Waals surface area contributed by atoms with Gasteiger partial charge in [0, 0.05) is 11.6 Å². The summed E-state index contributed by atoms with van der Waals surface area (Å²) >= 11 is 5.98. The number of aliphatic carboxylic acids is 1. The van der Waals surface area contributed by atoms with Gasteiger partial charge in [-0.3, -0.25) is 9.59 Å². The summed E-state index contributed by atoms with van der Waals surface area (Å²) in [6.07, 6.45) is 0.362. The van der Waals surface area contributed by atoms with Crippen molar-refractivity contribution in [2.75, 3.05) is 13.7 Å². The third kappa shape index (κ3) is 5.70. The molecular formula is C24H21ClN2O5. The number of carboxylic acid groups (broad SMARTS) is 1. The summed E-state index contributed by atoms with van der Waals surface area (Å²) in [6.45, 7) is 0.428. The predicted molar refractivity (Wildman–Crippen MR) is 123 cm³/mol. The predicted octanol–water partition coefficient (Wildman–Crippen LogP) is 5.01. The van der Waals surface area contributed by atoms with Crippen molar-refractivity contribution >= 4 is 29.2 Å². The Kier molecular flexibility index (Phi) is 7.57. The Hall–Kier alpha value is -3.71. The van der Waals surface area contributed by atoms with Crippen LogP contribution in [0.5, 0.6) is 5.75 Å².